The van der Waals surface area contributed by atoms with Crippen LogP contribution in [0.15, 0.2) is 35.5 Å². The van der Waals surface area contributed by atoms with Crippen LogP contribution in [0.5, 0.6) is 0 Å². The van der Waals surface area contributed by atoms with Crippen molar-refractivity contribution in [1.29, 1.82) is 5.26 Å². The van der Waals surface area contributed by atoms with Crippen molar-refractivity contribution in [2.75, 3.05) is 13.2 Å². The van der Waals surface area contributed by atoms with Crippen molar-refractivity contribution in [3.63, 3.8) is 0 Å². The first-order valence-electron chi connectivity index (χ1n) is 12.7. The summed E-state index contributed by atoms with van der Waals surface area (Å²) in [6.45, 7) is -0.183. The second-order valence-corrected chi connectivity index (χ2v) is 8.78. The van der Waals surface area contributed by atoms with Gasteiger partial charge in [-0.1, -0.05) is 5.21 Å². The summed E-state index contributed by atoms with van der Waals surface area (Å²) in [7, 11) is 0. The molecular formula is C25H31FN8O7. The summed E-state index contributed by atoms with van der Waals surface area (Å²) in [6.07, 6.45) is 4.06. The number of carboxylic acids is 3. The lowest BCUT2D eigenvalue weighted by molar-refractivity contribution is -0.140. The Morgan fingerprint density at radius 2 is 1.78 bits per heavy atom. The summed E-state index contributed by atoms with van der Waals surface area (Å²) in [5.41, 5.74) is 1.74. The smallest absolute Gasteiger partial charge is 0.328 e. The lowest BCUT2D eigenvalue weighted by Crippen LogP contribution is -2.46. The quantitative estimate of drug-likeness (QED) is 0.0508. The summed E-state index contributed by atoms with van der Waals surface area (Å²) in [5, 5.41) is 51.8. The van der Waals surface area contributed by atoms with Crippen molar-refractivity contribution in [3.8, 4) is 11.9 Å². The van der Waals surface area contributed by atoms with Gasteiger partial charge in [0.25, 0.3) is 5.91 Å². The second-order valence-electron chi connectivity index (χ2n) is 8.78. The first-order valence-corrected chi connectivity index (χ1v) is 12.7. The number of carbonyl (C=O) groups excluding carboxylic acids is 1. The number of aryl methyl sites for hydroxylation is 1. The molecule has 0 fully saturated rings. The van der Waals surface area contributed by atoms with Crippen molar-refractivity contribution < 1.29 is 38.9 Å². The molecule has 41 heavy (non-hydrogen) atoms. The molecule has 0 spiro atoms. The van der Waals surface area contributed by atoms with Crippen LogP contribution in [-0.2, 0) is 20.8 Å². The SMILES string of the molecule is N#CNC(=NC(CCC(=O)O)C(=O)O)NC(CCCCNC(=O)c1ccc(-n2cc(CCCF)nn2)cc1)C(=O)O. The number of unbranched alkanes of at least 4 members (excludes halogenated alkanes) is 1. The standard InChI is InChI=1S/C25H31FN8O7/c26-12-3-4-17-14-34(33-32-17)18-8-6-16(7-9-18)22(37)28-13-2-1-5-19(23(38)39)30-25(29-15-27)31-20(24(40)41)10-11-21(35)36/h6-9,14,19-20H,1-5,10-13H2,(H,28,37)(H,35,36)(H,38,39)(H,40,41)(H2,29,30,31). The van der Waals surface area contributed by atoms with Gasteiger partial charge in [-0.15, -0.1) is 5.10 Å². The molecule has 1 heterocycles. The summed E-state index contributed by atoms with van der Waals surface area (Å²) in [4.78, 5) is 50.1. The number of alkyl halides is 1. The van der Waals surface area contributed by atoms with Gasteiger partial charge in [-0.25, -0.2) is 19.3 Å². The number of aliphatic carboxylic acids is 3. The van der Waals surface area contributed by atoms with Gasteiger partial charge in [-0.3, -0.25) is 19.3 Å². The Labute approximate surface area is 234 Å². The van der Waals surface area contributed by atoms with Crippen molar-refractivity contribution >= 4 is 29.8 Å². The Balaban J connectivity index is 1.86. The number of nitrogens with one attached hydrogen (secondary N) is 3. The molecule has 0 aliphatic rings. The molecule has 2 atom stereocenters. The van der Waals surface area contributed by atoms with Gasteiger partial charge in [-0.05, 0) is 62.8 Å². The molecule has 0 aliphatic heterocycles. The van der Waals surface area contributed by atoms with Gasteiger partial charge < -0.3 is 26.0 Å². The molecular weight excluding hydrogens is 543 g/mol. The molecule has 0 bridgehead atoms. The van der Waals surface area contributed by atoms with E-state index in [0.29, 0.717) is 42.6 Å². The number of aliphatic imine (C=N–C) groups is 1. The second kappa shape index (κ2) is 16.8. The van der Waals surface area contributed by atoms with E-state index in [9.17, 15) is 33.8 Å². The van der Waals surface area contributed by atoms with Gasteiger partial charge in [0, 0.05) is 18.5 Å². The molecule has 16 heteroatoms. The van der Waals surface area contributed by atoms with Crippen molar-refractivity contribution in [2.24, 2.45) is 4.99 Å². The number of guanidine groups is 1. The maximum Gasteiger partial charge on any atom is 0.328 e. The molecule has 2 aromatic rings. The van der Waals surface area contributed by atoms with Crippen LogP contribution >= 0.6 is 0 Å². The topological polar surface area (TPSA) is 232 Å². The third-order valence-corrected chi connectivity index (χ3v) is 5.69. The van der Waals surface area contributed by atoms with Gasteiger partial charge in [-0.2, -0.15) is 5.26 Å². The zero-order valence-corrected chi connectivity index (χ0v) is 22.0. The molecule has 2 rings (SSSR count). The number of carboxylic acid groups (broad SMARTS) is 3. The largest absolute Gasteiger partial charge is 0.481 e. The summed E-state index contributed by atoms with van der Waals surface area (Å²) < 4.78 is 13.9. The Kier molecular flexibility index (Phi) is 13.2. The van der Waals surface area contributed by atoms with Gasteiger partial charge in [0.15, 0.2) is 12.2 Å². The van der Waals surface area contributed by atoms with E-state index < -0.39 is 49.0 Å². The Morgan fingerprint density at radius 3 is 2.39 bits per heavy atom. The fourth-order valence-corrected chi connectivity index (χ4v) is 3.57. The van der Waals surface area contributed by atoms with Crippen LogP contribution in [0.4, 0.5) is 4.39 Å². The normalized spacial score (nSPS) is 12.5. The molecule has 0 aliphatic carbocycles. The van der Waals surface area contributed by atoms with Gasteiger partial charge in [0.1, 0.15) is 6.04 Å². The number of carbonyl (C=O) groups is 4. The molecule has 1 aromatic heterocycles. The fourth-order valence-electron chi connectivity index (χ4n) is 3.57. The third-order valence-electron chi connectivity index (χ3n) is 5.69. The maximum atomic E-state index is 12.5. The number of hydrogen-bond acceptors (Lipinski definition) is 8. The van der Waals surface area contributed by atoms with E-state index >= 15 is 0 Å². The lowest BCUT2D eigenvalue weighted by atomic mass is 10.1. The van der Waals surface area contributed by atoms with E-state index in [1.807, 2.05) is 0 Å². The molecule has 0 radical (unpaired) electrons. The Morgan fingerprint density at radius 1 is 1.05 bits per heavy atom. The van der Waals surface area contributed by atoms with E-state index in [4.69, 9.17) is 10.4 Å². The minimum Gasteiger partial charge on any atom is -0.481 e. The molecule has 220 valence electrons. The Bertz CT molecular complexity index is 1260. The van der Waals surface area contributed by atoms with Crippen LogP contribution in [0.3, 0.4) is 0 Å². The number of aromatic nitrogens is 3. The summed E-state index contributed by atoms with van der Waals surface area (Å²) >= 11 is 0. The van der Waals surface area contributed by atoms with Crippen LogP contribution in [0.25, 0.3) is 5.69 Å². The highest BCUT2D eigenvalue weighted by Crippen LogP contribution is 2.11. The monoisotopic (exact) mass is 574 g/mol. The Hall–Kier alpha value is -5.07. The number of benzene rings is 1. The number of halogens is 1. The average molecular weight is 575 g/mol. The van der Waals surface area contributed by atoms with Gasteiger partial charge in [0.05, 0.1) is 24.3 Å². The van der Waals surface area contributed by atoms with Crippen LogP contribution in [0, 0.1) is 11.5 Å². The van der Waals surface area contributed by atoms with Crippen molar-refractivity contribution in [3.05, 3.63) is 41.7 Å². The predicted octanol–water partition coefficient (Wildman–Crippen LogP) is 0.857. The molecule has 0 saturated carbocycles. The molecule has 0 saturated heterocycles. The highest BCUT2D eigenvalue weighted by molar-refractivity contribution is 5.94. The number of rotatable bonds is 17. The summed E-state index contributed by atoms with van der Waals surface area (Å²) in [6, 6.07) is 3.87. The minimum atomic E-state index is -1.51. The minimum absolute atomic E-state index is 0.0596. The first kappa shape index (κ1) is 32.1. The van der Waals surface area contributed by atoms with Crippen LogP contribution in [-0.4, -0.2) is 85.4 Å². The van der Waals surface area contributed by atoms with Crippen LogP contribution in [0.1, 0.15) is 54.6 Å². The third kappa shape index (κ3) is 11.3. The number of amides is 1. The number of hydrogen-bond donors (Lipinski definition) is 6. The van der Waals surface area contributed by atoms with Crippen LogP contribution in [0.2, 0.25) is 0 Å². The zero-order chi connectivity index (χ0) is 30.2. The molecule has 2 unspecified atom stereocenters. The average Bonchev–Trinajstić information content (AvgIpc) is 3.41. The van der Waals surface area contributed by atoms with Crippen molar-refractivity contribution in [1.82, 2.24) is 30.9 Å². The van der Waals surface area contributed by atoms with Crippen LogP contribution < -0.4 is 16.0 Å². The van der Waals surface area contributed by atoms with E-state index in [2.05, 4.69) is 31.3 Å². The van der Waals surface area contributed by atoms with E-state index in [1.54, 1.807) is 30.5 Å². The first-order chi connectivity index (χ1) is 19.6. The summed E-state index contributed by atoms with van der Waals surface area (Å²) in [5.74, 6) is -4.67. The molecule has 1 aromatic carbocycles. The van der Waals surface area contributed by atoms with Gasteiger partial charge in [0.2, 0.25) is 5.96 Å². The molecule has 15 nitrogen and oxygen atoms in total. The predicted molar refractivity (Wildman–Crippen MR) is 141 cm³/mol. The van der Waals surface area contributed by atoms with E-state index in [1.165, 1.54) is 10.9 Å². The maximum absolute atomic E-state index is 12.5. The molecule has 6 N–H and O–H groups in total. The zero-order valence-electron chi connectivity index (χ0n) is 22.0. The van der Waals surface area contributed by atoms with Gasteiger partial charge >= 0.3 is 17.9 Å². The lowest BCUT2D eigenvalue weighted by Gasteiger charge is -2.17. The highest BCUT2D eigenvalue weighted by Gasteiger charge is 2.22. The fraction of sp³-hybridized carbons (Fsp3) is 0.440. The van der Waals surface area contributed by atoms with E-state index in [0.717, 1.165) is 0 Å². The number of nitrogens with zero attached hydrogens (tertiary/aromatic N) is 5. The highest BCUT2D eigenvalue weighted by atomic mass is 19.1. The molecule has 1 amide bonds. The van der Waals surface area contributed by atoms with E-state index in [-0.39, 0.29) is 25.3 Å². The number of nitriles is 1. The van der Waals surface area contributed by atoms with Crippen molar-refractivity contribution in [2.45, 2.75) is 57.0 Å².